The molecule has 0 aromatic heterocycles. The second kappa shape index (κ2) is 6.75. The van der Waals surface area contributed by atoms with Gasteiger partial charge in [-0.15, -0.1) is 0 Å². The molecule has 0 unspecified atom stereocenters. The van der Waals surface area contributed by atoms with Gasteiger partial charge in [0.15, 0.2) is 0 Å². The molecule has 0 radical (unpaired) electrons. The molecular weight excluding hydrogens is 262 g/mol. The molecule has 2 aromatic rings. The summed E-state index contributed by atoms with van der Waals surface area (Å²) in [5.41, 5.74) is 3.64. The molecule has 2 aromatic carbocycles. The number of hydrogen-bond acceptors (Lipinski definition) is 3. The zero-order valence-corrected chi connectivity index (χ0v) is 12.5. The van der Waals surface area contributed by atoms with Crippen molar-refractivity contribution in [3.63, 3.8) is 0 Å². The van der Waals surface area contributed by atoms with E-state index in [4.69, 9.17) is 4.74 Å². The van der Waals surface area contributed by atoms with E-state index in [1.807, 2.05) is 49.4 Å². The highest BCUT2D eigenvalue weighted by Gasteiger charge is 2.06. The first-order valence-corrected chi connectivity index (χ1v) is 6.73. The van der Waals surface area contributed by atoms with Crippen LogP contribution in [0.25, 0.3) is 5.57 Å². The van der Waals surface area contributed by atoms with Gasteiger partial charge in [0.2, 0.25) is 0 Å². The van der Waals surface area contributed by atoms with E-state index in [1.54, 1.807) is 26.3 Å². The number of hydrogen-bond donors (Lipinski definition) is 1. The maximum Gasteiger partial charge on any atom is 0.124 e. The van der Waals surface area contributed by atoms with Crippen LogP contribution in [-0.4, -0.2) is 25.0 Å². The molecule has 1 N–H and O–H groups in total. The fourth-order valence-electron chi connectivity index (χ4n) is 2.10. The van der Waals surface area contributed by atoms with Gasteiger partial charge in [0.1, 0.15) is 11.5 Å². The number of aromatic hydroxyl groups is 1. The number of rotatable bonds is 4. The fraction of sp³-hybridized carbons (Fsp3) is 0.167. The van der Waals surface area contributed by atoms with E-state index < -0.39 is 0 Å². The van der Waals surface area contributed by atoms with Crippen LogP contribution in [-0.2, 0) is 0 Å². The Morgan fingerprint density at radius 1 is 1.10 bits per heavy atom. The zero-order valence-electron chi connectivity index (χ0n) is 12.5. The quantitative estimate of drug-likeness (QED) is 0.863. The first-order valence-electron chi connectivity index (χ1n) is 6.73. The molecule has 0 aliphatic carbocycles. The van der Waals surface area contributed by atoms with Gasteiger partial charge >= 0.3 is 0 Å². The standard InChI is InChI=1S/C18H19NO2/c1-13(14-8-10-15(21-3)11-9-14)12-17(19-2)16-6-4-5-7-18(16)20/h4-12,20H,1-3H3/b13-12+,19-17?. The van der Waals surface area contributed by atoms with Crippen molar-refractivity contribution in [1.29, 1.82) is 0 Å². The molecule has 2 rings (SSSR count). The minimum atomic E-state index is 0.233. The van der Waals surface area contributed by atoms with Crippen LogP contribution in [0.2, 0.25) is 0 Å². The SMILES string of the molecule is CN=C(/C=C(\C)c1ccc(OC)cc1)c1ccccc1O. The van der Waals surface area contributed by atoms with Crippen molar-refractivity contribution in [3.8, 4) is 11.5 Å². The van der Waals surface area contributed by atoms with Crippen molar-refractivity contribution < 1.29 is 9.84 Å². The first-order chi connectivity index (χ1) is 10.2. The number of para-hydroxylation sites is 1. The lowest BCUT2D eigenvalue weighted by Gasteiger charge is -2.07. The van der Waals surface area contributed by atoms with Crippen LogP contribution in [0.15, 0.2) is 59.6 Å². The van der Waals surface area contributed by atoms with Crippen LogP contribution in [0.3, 0.4) is 0 Å². The minimum Gasteiger partial charge on any atom is -0.507 e. The van der Waals surface area contributed by atoms with Gasteiger partial charge in [0, 0.05) is 12.6 Å². The third-order valence-electron chi connectivity index (χ3n) is 3.32. The Morgan fingerprint density at radius 3 is 2.33 bits per heavy atom. The maximum atomic E-state index is 9.94. The normalized spacial score (nSPS) is 12.3. The van der Waals surface area contributed by atoms with Crippen LogP contribution in [0.5, 0.6) is 11.5 Å². The van der Waals surface area contributed by atoms with Gasteiger partial charge in [-0.3, -0.25) is 4.99 Å². The summed E-state index contributed by atoms with van der Waals surface area (Å²) in [7, 11) is 3.37. The number of ether oxygens (including phenoxy) is 1. The highest BCUT2D eigenvalue weighted by Crippen LogP contribution is 2.22. The lowest BCUT2D eigenvalue weighted by Crippen LogP contribution is -1.98. The number of phenolic OH excluding ortho intramolecular Hbond substituents is 1. The zero-order chi connectivity index (χ0) is 15.2. The van der Waals surface area contributed by atoms with E-state index in [0.717, 1.165) is 28.2 Å². The molecule has 0 aliphatic heterocycles. The smallest absolute Gasteiger partial charge is 0.124 e. The Balaban J connectivity index is 2.33. The molecule has 108 valence electrons. The highest BCUT2D eigenvalue weighted by molar-refractivity contribution is 6.13. The lowest BCUT2D eigenvalue weighted by atomic mass is 10.0. The van der Waals surface area contributed by atoms with E-state index in [2.05, 4.69) is 4.99 Å². The van der Waals surface area contributed by atoms with Crippen LogP contribution in [0.1, 0.15) is 18.1 Å². The van der Waals surface area contributed by atoms with Crippen molar-refractivity contribution in [3.05, 3.63) is 65.7 Å². The second-order valence-electron chi connectivity index (χ2n) is 4.68. The summed E-state index contributed by atoms with van der Waals surface area (Å²) in [5.74, 6) is 1.06. The van der Waals surface area contributed by atoms with Gasteiger partial charge in [-0.1, -0.05) is 24.3 Å². The summed E-state index contributed by atoms with van der Waals surface area (Å²) < 4.78 is 5.16. The van der Waals surface area contributed by atoms with Crippen molar-refractivity contribution >= 4 is 11.3 Å². The van der Waals surface area contributed by atoms with E-state index in [0.29, 0.717) is 0 Å². The average molecular weight is 281 g/mol. The topological polar surface area (TPSA) is 41.8 Å². The molecular formula is C18H19NO2. The molecule has 0 fully saturated rings. The third kappa shape index (κ3) is 3.51. The molecule has 0 saturated heterocycles. The van der Waals surface area contributed by atoms with E-state index in [-0.39, 0.29) is 5.75 Å². The molecule has 3 nitrogen and oxygen atoms in total. The number of aliphatic imine (C=N–C) groups is 1. The van der Waals surface area contributed by atoms with Crippen LogP contribution in [0, 0.1) is 0 Å². The molecule has 0 aliphatic rings. The fourth-order valence-corrected chi connectivity index (χ4v) is 2.10. The summed E-state index contributed by atoms with van der Waals surface area (Å²) in [5, 5.41) is 9.94. The van der Waals surface area contributed by atoms with Crippen molar-refractivity contribution in [2.75, 3.05) is 14.2 Å². The van der Waals surface area contributed by atoms with Gasteiger partial charge in [-0.2, -0.15) is 0 Å². The number of benzene rings is 2. The summed E-state index contributed by atoms with van der Waals surface area (Å²) in [4.78, 5) is 4.27. The molecule has 0 amide bonds. The minimum absolute atomic E-state index is 0.233. The third-order valence-corrected chi connectivity index (χ3v) is 3.32. The number of phenols is 1. The molecule has 0 heterocycles. The van der Waals surface area contributed by atoms with Gasteiger partial charge < -0.3 is 9.84 Å². The second-order valence-corrected chi connectivity index (χ2v) is 4.68. The summed E-state index contributed by atoms with van der Waals surface area (Å²) in [6.07, 6.45) is 1.97. The Hall–Kier alpha value is -2.55. The largest absolute Gasteiger partial charge is 0.507 e. The summed E-state index contributed by atoms with van der Waals surface area (Å²) in [6, 6.07) is 15.1. The van der Waals surface area contributed by atoms with Crippen LogP contribution in [0.4, 0.5) is 0 Å². The van der Waals surface area contributed by atoms with Gasteiger partial charge in [-0.05, 0) is 48.4 Å². The highest BCUT2D eigenvalue weighted by atomic mass is 16.5. The monoisotopic (exact) mass is 281 g/mol. The van der Waals surface area contributed by atoms with Crippen LogP contribution < -0.4 is 4.74 Å². The van der Waals surface area contributed by atoms with E-state index in [9.17, 15) is 5.11 Å². The molecule has 3 heteroatoms. The van der Waals surface area contributed by atoms with E-state index >= 15 is 0 Å². The Labute approximate surface area is 125 Å². The van der Waals surface area contributed by atoms with Gasteiger partial charge in [0.25, 0.3) is 0 Å². The van der Waals surface area contributed by atoms with Crippen molar-refractivity contribution in [2.45, 2.75) is 6.92 Å². The average Bonchev–Trinajstić information content (AvgIpc) is 2.53. The predicted octanol–water partition coefficient (Wildman–Crippen LogP) is 3.92. The maximum absolute atomic E-state index is 9.94. The molecule has 0 bridgehead atoms. The lowest BCUT2D eigenvalue weighted by molar-refractivity contribution is 0.415. The van der Waals surface area contributed by atoms with Crippen molar-refractivity contribution in [1.82, 2.24) is 0 Å². The number of nitrogens with zero attached hydrogens (tertiary/aromatic N) is 1. The summed E-state index contributed by atoms with van der Waals surface area (Å²) in [6.45, 7) is 2.02. The predicted molar refractivity (Wildman–Crippen MR) is 87.2 cm³/mol. The van der Waals surface area contributed by atoms with Crippen LogP contribution >= 0.6 is 0 Å². The summed E-state index contributed by atoms with van der Waals surface area (Å²) >= 11 is 0. The number of allylic oxidation sites excluding steroid dienone is 2. The molecule has 0 spiro atoms. The van der Waals surface area contributed by atoms with E-state index in [1.165, 1.54) is 0 Å². The molecule has 21 heavy (non-hydrogen) atoms. The Morgan fingerprint density at radius 2 is 1.76 bits per heavy atom. The Bertz CT molecular complexity index is 670. The van der Waals surface area contributed by atoms with Crippen molar-refractivity contribution in [2.24, 2.45) is 4.99 Å². The first kappa shape index (κ1) is 14.9. The van der Waals surface area contributed by atoms with Gasteiger partial charge in [0.05, 0.1) is 12.8 Å². The molecule has 0 atom stereocenters. The van der Waals surface area contributed by atoms with Gasteiger partial charge in [-0.25, -0.2) is 0 Å². The number of methoxy groups -OCH3 is 1. The molecule has 0 saturated carbocycles. The Kier molecular flexibility index (Phi) is 4.77.